The minimum Gasteiger partial charge on any atom is -0.346 e. The van der Waals surface area contributed by atoms with E-state index >= 15 is 0 Å². The maximum Gasteiger partial charge on any atom is 0.212 e. The van der Waals surface area contributed by atoms with Crippen LogP contribution in [-0.4, -0.2) is 18.0 Å². The van der Waals surface area contributed by atoms with Crippen LogP contribution >= 0.6 is 11.9 Å². The molecule has 1 heterocycles. The third-order valence-corrected chi connectivity index (χ3v) is 4.35. The molecule has 1 aromatic carbocycles. The molecule has 0 saturated carbocycles. The van der Waals surface area contributed by atoms with E-state index in [9.17, 15) is 9.18 Å². The molecule has 1 aliphatic heterocycles. The van der Waals surface area contributed by atoms with Gasteiger partial charge in [-0.2, -0.15) is 0 Å². The van der Waals surface area contributed by atoms with Gasteiger partial charge in [0.25, 0.3) is 0 Å². The monoisotopic (exact) mass is 374 g/mol. The van der Waals surface area contributed by atoms with Crippen molar-refractivity contribution < 1.29 is 9.18 Å². The van der Waals surface area contributed by atoms with Crippen LogP contribution in [0.1, 0.15) is 32.8 Å². The molecule has 0 spiro atoms. The maximum absolute atomic E-state index is 14.3. The van der Waals surface area contributed by atoms with Crippen molar-refractivity contribution in [3.05, 3.63) is 59.3 Å². The molecule has 5 nitrogen and oxygen atoms in total. The van der Waals surface area contributed by atoms with E-state index in [2.05, 4.69) is 20.3 Å². The lowest BCUT2D eigenvalue weighted by atomic mass is 10.0. The molecule has 0 radical (unpaired) electrons. The number of halogens is 1. The summed E-state index contributed by atoms with van der Waals surface area (Å²) in [5.41, 5.74) is 2.98. The van der Waals surface area contributed by atoms with Crippen molar-refractivity contribution in [2.24, 2.45) is 4.99 Å². The Hall–Kier alpha value is -2.54. The molecule has 26 heavy (non-hydrogen) atoms. The quantitative estimate of drug-likeness (QED) is 0.471. The standard InChI is InChI=1S/C19H23FN4OS/c1-4-6-18(22-12-25)23-19-15(9-10-21-19)13(3)14-7-8-17(16(20)11-14)24-26-5-2/h6-12,24H,4-5H2,1-3H3,(H,21,23)(H,22,25)/b15-13+,18-6+. The summed E-state index contributed by atoms with van der Waals surface area (Å²) < 4.78 is 17.3. The van der Waals surface area contributed by atoms with E-state index in [1.807, 2.05) is 39.0 Å². The van der Waals surface area contributed by atoms with Gasteiger partial charge in [-0.05, 0) is 48.8 Å². The lowest BCUT2D eigenvalue weighted by Crippen LogP contribution is -2.18. The number of allylic oxidation sites excluding steroid dienone is 2. The van der Waals surface area contributed by atoms with E-state index < -0.39 is 0 Å². The Morgan fingerprint density at radius 2 is 2.19 bits per heavy atom. The van der Waals surface area contributed by atoms with E-state index in [-0.39, 0.29) is 5.82 Å². The minimum absolute atomic E-state index is 0.300. The molecule has 0 fully saturated rings. The van der Waals surface area contributed by atoms with E-state index in [1.54, 1.807) is 12.3 Å². The topological polar surface area (TPSA) is 65.5 Å². The Labute approximate surface area is 157 Å². The second-order valence-electron chi connectivity index (χ2n) is 5.47. The zero-order valence-electron chi connectivity index (χ0n) is 15.1. The molecule has 0 aromatic heterocycles. The van der Waals surface area contributed by atoms with Crippen LogP contribution in [0.25, 0.3) is 5.57 Å². The number of amidine groups is 1. The molecule has 2 rings (SSSR count). The number of hydrogen-bond acceptors (Lipinski definition) is 4. The smallest absolute Gasteiger partial charge is 0.212 e. The fraction of sp³-hybridized carbons (Fsp3) is 0.263. The summed E-state index contributed by atoms with van der Waals surface area (Å²) in [7, 11) is 0. The van der Waals surface area contributed by atoms with Crippen LogP contribution in [0.5, 0.6) is 0 Å². The van der Waals surface area contributed by atoms with Gasteiger partial charge in [-0.15, -0.1) is 0 Å². The highest BCUT2D eigenvalue weighted by Crippen LogP contribution is 2.26. The number of carbonyl (C=O) groups excluding carboxylic acids is 1. The van der Waals surface area contributed by atoms with Crippen LogP contribution in [0.2, 0.25) is 0 Å². The highest BCUT2D eigenvalue weighted by atomic mass is 32.2. The van der Waals surface area contributed by atoms with Gasteiger partial charge < -0.3 is 15.4 Å². The summed E-state index contributed by atoms with van der Waals surface area (Å²) >= 11 is 1.45. The van der Waals surface area contributed by atoms with E-state index in [1.165, 1.54) is 18.0 Å². The largest absolute Gasteiger partial charge is 0.346 e. The van der Waals surface area contributed by atoms with Gasteiger partial charge in [0.05, 0.1) is 5.69 Å². The van der Waals surface area contributed by atoms with Gasteiger partial charge in [0.15, 0.2) is 0 Å². The number of aliphatic imine (C=N–C) groups is 1. The van der Waals surface area contributed by atoms with E-state index in [0.717, 1.165) is 28.9 Å². The predicted molar refractivity (Wildman–Crippen MR) is 108 cm³/mol. The maximum atomic E-state index is 14.3. The first-order chi connectivity index (χ1) is 12.6. The lowest BCUT2D eigenvalue weighted by Gasteiger charge is -2.11. The van der Waals surface area contributed by atoms with Crippen molar-refractivity contribution in [1.82, 2.24) is 10.6 Å². The van der Waals surface area contributed by atoms with Crippen LogP contribution in [0.3, 0.4) is 0 Å². The molecule has 3 N–H and O–H groups in total. The van der Waals surface area contributed by atoms with Crippen molar-refractivity contribution in [2.75, 3.05) is 10.5 Å². The van der Waals surface area contributed by atoms with Crippen molar-refractivity contribution >= 4 is 35.5 Å². The number of nitrogens with one attached hydrogen (secondary N) is 3. The van der Waals surface area contributed by atoms with Crippen molar-refractivity contribution in [1.29, 1.82) is 0 Å². The number of hydrogen-bond donors (Lipinski definition) is 3. The van der Waals surface area contributed by atoms with Gasteiger partial charge in [0.1, 0.15) is 17.5 Å². The fourth-order valence-electron chi connectivity index (χ4n) is 2.40. The predicted octanol–water partition coefficient (Wildman–Crippen LogP) is 4.19. The summed E-state index contributed by atoms with van der Waals surface area (Å²) in [4.78, 5) is 15.2. The average molecular weight is 374 g/mol. The SMILES string of the molecule is CC/C=C(/N=C1/NC=C/C1=C(/C)c1ccc(NSCC)c(F)c1)NC=O. The molecular weight excluding hydrogens is 351 g/mol. The van der Waals surface area contributed by atoms with Crippen LogP contribution in [0, 0.1) is 5.82 Å². The normalized spacial score (nSPS) is 17.2. The zero-order valence-corrected chi connectivity index (χ0v) is 15.9. The number of amides is 1. The second kappa shape index (κ2) is 9.82. The van der Waals surface area contributed by atoms with Crippen LogP contribution < -0.4 is 15.4 Å². The minimum atomic E-state index is -0.300. The molecule has 0 atom stereocenters. The van der Waals surface area contributed by atoms with Crippen molar-refractivity contribution in [3.63, 3.8) is 0 Å². The van der Waals surface area contributed by atoms with Gasteiger partial charge >= 0.3 is 0 Å². The summed E-state index contributed by atoms with van der Waals surface area (Å²) in [5.74, 6) is 1.64. The summed E-state index contributed by atoms with van der Waals surface area (Å²) in [6.07, 6.45) is 6.81. The first-order valence-electron chi connectivity index (χ1n) is 8.41. The Morgan fingerprint density at radius 1 is 1.38 bits per heavy atom. The molecule has 1 aromatic rings. The van der Waals surface area contributed by atoms with Crippen LogP contribution in [0.4, 0.5) is 10.1 Å². The summed E-state index contributed by atoms with van der Waals surface area (Å²) in [6, 6.07) is 5.12. The second-order valence-corrected chi connectivity index (χ2v) is 6.54. The van der Waals surface area contributed by atoms with Crippen molar-refractivity contribution in [3.8, 4) is 0 Å². The number of carbonyl (C=O) groups is 1. The number of nitrogens with zero attached hydrogens (tertiary/aromatic N) is 1. The first kappa shape index (κ1) is 19.8. The molecule has 7 heteroatoms. The van der Waals surface area contributed by atoms with Gasteiger partial charge in [-0.3, -0.25) is 4.79 Å². The summed E-state index contributed by atoms with van der Waals surface area (Å²) in [6.45, 7) is 5.88. The fourth-order valence-corrected chi connectivity index (χ4v) is 2.87. The van der Waals surface area contributed by atoms with Crippen LogP contribution in [0.15, 0.2) is 52.9 Å². The van der Waals surface area contributed by atoms with E-state index in [4.69, 9.17) is 0 Å². The van der Waals surface area contributed by atoms with Gasteiger partial charge in [0, 0.05) is 17.5 Å². The highest BCUT2D eigenvalue weighted by molar-refractivity contribution is 8.00. The molecule has 0 unspecified atom stereocenters. The van der Waals surface area contributed by atoms with Gasteiger partial charge in [-0.1, -0.05) is 31.9 Å². The van der Waals surface area contributed by atoms with Crippen LogP contribution in [-0.2, 0) is 4.79 Å². The Balaban J connectivity index is 2.35. The Morgan fingerprint density at radius 3 is 2.85 bits per heavy atom. The number of benzene rings is 1. The molecule has 1 amide bonds. The number of anilines is 1. The first-order valence-corrected chi connectivity index (χ1v) is 9.40. The highest BCUT2D eigenvalue weighted by Gasteiger charge is 2.15. The molecule has 0 bridgehead atoms. The lowest BCUT2D eigenvalue weighted by molar-refractivity contribution is -0.108. The molecule has 0 aliphatic carbocycles. The molecular formula is C19H23FN4OS. The third-order valence-electron chi connectivity index (χ3n) is 3.69. The Kier molecular flexibility index (Phi) is 7.47. The van der Waals surface area contributed by atoms with Gasteiger partial charge in [0.2, 0.25) is 6.41 Å². The molecule has 138 valence electrons. The molecule has 1 aliphatic rings. The van der Waals surface area contributed by atoms with Crippen molar-refractivity contribution in [2.45, 2.75) is 27.2 Å². The van der Waals surface area contributed by atoms with E-state index in [0.29, 0.717) is 23.8 Å². The Bertz CT molecular complexity index is 784. The average Bonchev–Trinajstić information content (AvgIpc) is 3.08. The number of rotatable bonds is 8. The summed E-state index contributed by atoms with van der Waals surface area (Å²) in [5, 5.41) is 5.64. The molecule has 0 saturated heterocycles. The zero-order chi connectivity index (χ0) is 18.9. The third kappa shape index (κ3) is 4.98. The van der Waals surface area contributed by atoms with Gasteiger partial charge in [-0.25, -0.2) is 9.38 Å².